The third-order valence-electron chi connectivity index (χ3n) is 1.76. The fraction of sp³-hybridized carbons (Fsp3) is 0.455. The van der Waals surface area contributed by atoms with Crippen molar-refractivity contribution in [1.29, 1.82) is 0 Å². The lowest BCUT2D eigenvalue weighted by atomic mass is 10.2. The predicted octanol–water partition coefficient (Wildman–Crippen LogP) is 2.27. The molecule has 0 aliphatic heterocycles. The van der Waals surface area contributed by atoms with Crippen molar-refractivity contribution in [3.8, 4) is 5.75 Å². The zero-order valence-corrected chi connectivity index (χ0v) is 8.59. The minimum Gasteiger partial charge on any atom is -0.490 e. The summed E-state index contributed by atoms with van der Waals surface area (Å²) in [7, 11) is 0. The van der Waals surface area contributed by atoms with Crippen LogP contribution in [0.15, 0.2) is 24.3 Å². The van der Waals surface area contributed by atoms with Gasteiger partial charge < -0.3 is 10.5 Å². The Balaban J connectivity index is 2.67. The van der Waals surface area contributed by atoms with Crippen LogP contribution < -0.4 is 10.5 Å². The van der Waals surface area contributed by atoms with Crippen molar-refractivity contribution in [2.24, 2.45) is 5.73 Å². The standard InChI is InChI=1S/C11H16FNO/c1-11(2,12)8-14-10-6-4-3-5-9(10)7-13/h3-6H,7-8,13H2,1-2H3. The van der Waals surface area contributed by atoms with Gasteiger partial charge in [0.05, 0.1) is 0 Å². The van der Waals surface area contributed by atoms with E-state index in [4.69, 9.17) is 10.5 Å². The summed E-state index contributed by atoms with van der Waals surface area (Å²) >= 11 is 0. The highest BCUT2D eigenvalue weighted by molar-refractivity contribution is 5.33. The Bertz CT molecular complexity index is 294. The molecule has 0 radical (unpaired) electrons. The summed E-state index contributed by atoms with van der Waals surface area (Å²) in [4.78, 5) is 0. The van der Waals surface area contributed by atoms with Gasteiger partial charge in [-0.2, -0.15) is 0 Å². The van der Waals surface area contributed by atoms with Crippen LogP contribution in [0.4, 0.5) is 4.39 Å². The molecule has 0 saturated heterocycles. The first-order valence-corrected chi connectivity index (χ1v) is 4.62. The second kappa shape index (κ2) is 4.42. The Morgan fingerprint density at radius 3 is 2.57 bits per heavy atom. The minimum absolute atomic E-state index is 0.0456. The van der Waals surface area contributed by atoms with Gasteiger partial charge in [-0.1, -0.05) is 18.2 Å². The number of benzene rings is 1. The molecule has 0 unspecified atom stereocenters. The molecule has 2 N–H and O–H groups in total. The van der Waals surface area contributed by atoms with Crippen LogP contribution in [0.25, 0.3) is 0 Å². The molecule has 1 rings (SSSR count). The van der Waals surface area contributed by atoms with E-state index >= 15 is 0 Å². The summed E-state index contributed by atoms with van der Waals surface area (Å²) in [6.45, 7) is 3.42. The summed E-state index contributed by atoms with van der Waals surface area (Å²) < 4.78 is 18.5. The maximum absolute atomic E-state index is 13.2. The van der Waals surface area contributed by atoms with Gasteiger partial charge in [-0.15, -0.1) is 0 Å². The average Bonchev–Trinajstić information content (AvgIpc) is 2.14. The molecule has 1 aromatic rings. The molecule has 0 fully saturated rings. The number of ether oxygens (including phenoxy) is 1. The smallest absolute Gasteiger partial charge is 0.139 e. The zero-order valence-electron chi connectivity index (χ0n) is 8.59. The number of alkyl halides is 1. The highest BCUT2D eigenvalue weighted by Crippen LogP contribution is 2.19. The van der Waals surface area contributed by atoms with Crippen LogP contribution in [0, 0.1) is 0 Å². The van der Waals surface area contributed by atoms with Crippen molar-refractivity contribution in [1.82, 2.24) is 0 Å². The Hall–Kier alpha value is -1.09. The van der Waals surface area contributed by atoms with Gasteiger partial charge in [-0.05, 0) is 19.9 Å². The molecule has 0 aromatic heterocycles. The van der Waals surface area contributed by atoms with Crippen molar-refractivity contribution in [3.05, 3.63) is 29.8 Å². The molecule has 0 saturated carbocycles. The summed E-state index contributed by atoms with van der Waals surface area (Å²) in [5, 5.41) is 0. The van der Waals surface area contributed by atoms with E-state index in [1.165, 1.54) is 13.8 Å². The molecule has 0 heterocycles. The molecular weight excluding hydrogens is 181 g/mol. The van der Waals surface area contributed by atoms with Crippen molar-refractivity contribution in [2.75, 3.05) is 6.61 Å². The fourth-order valence-electron chi connectivity index (χ4n) is 1.06. The maximum atomic E-state index is 13.2. The Kier molecular flexibility index (Phi) is 3.47. The molecule has 78 valence electrons. The monoisotopic (exact) mass is 197 g/mol. The van der Waals surface area contributed by atoms with E-state index in [9.17, 15) is 4.39 Å². The van der Waals surface area contributed by atoms with E-state index in [2.05, 4.69) is 0 Å². The van der Waals surface area contributed by atoms with Crippen molar-refractivity contribution in [2.45, 2.75) is 26.1 Å². The first-order chi connectivity index (χ1) is 6.53. The van der Waals surface area contributed by atoms with Crippen LogP contribution in [0.5, 0.6) is 5.75 Å². The first kappa shape index (κ1) is 11.0. The Morgan fingerprint density at radius 2 is 2.00 bits per heavy atom. The lowest BCUT2D eigenvalue weighted by Gasteiger charge is -2.16. The second-order valence-corrected chi connectivity index (χ2v) is 3.82. The predicted molar refractivity (Wildman–Crippen MR) is 55.0 cm³/mol. The lowest BCUT2D eigenvalue weighted by Crippen LogP contribution is -2.23. The quantitative estimate of drug-likeness (QED) is 0.803. The first-order valence-electron chi connectivity index (χ1n) is 4.62. The van der Waals surface area contributed by atoms with Crippen LogP contribution in [-0.4, -0.2) is 12.3 Å². The summed E-state index contributed by atoms with van der Waals surface area (Å²) in [5.74, 6) is 0.667. The van der Waals surface area contributed by atoms with Crippen LogP contribution in [-0.2, 0) is 6.54 Å². The molecule has 0 aliphatic carbocycles. The molecule has 0 aliphatic rings. The van der Waals surface area contributed by atoms with Crippen molar-refractivity contribution < 1.29 is 9.13 Å². The van der Waals surface area contributed by atoms with Crippen LogP contribution in [0.2, 0.25) is 0 Å². The minimum atomic E-state index is -1.32. The van der Waals surface area contributed by atoms with Gasteiger partial charge in [0.15, 0.2) is 0 Å². The molecule has 2 nitrogen and oxygen atoms in total. The highest BCUT2D eigenvalue weighted by Gasteiger charge is 2.16. The number of para-hydroxylation sites is 1. The lowest BCUT2D eigenvalue weighted by molar-refractivity contribution is 0.120. The zero-order chi connectivity index (χ0) is 10.6. The van der Waals surface area contributed by atoms with Crippen LogP contribution in [0.3, 0.4) is 0 Å². The third-order valence-corrected chi connectivity index (χ3v) is 1.76. The molecule has 0 atom stereocenters. The molecule has 3 heteroatoms. The molecule has 1 aromatic carbocycles. The highest BCUT2D eigenvalue weighted by atomic mass is 19.1. The second-order valence-electron chi connectivity index (χ2n) is 3.82. The Morgan fingerprint density at radius 1 is 1.36 bits per heavy atom. The molecule has 14 heavy (non-hydrogen) atoms. The van der Waals surface area contributed by atoms with E-state index in [0.29, 0.717) is 12.3 Å². The molecule has 0 amide bonds. The third kappa shape index (κ3) is 3.34. The maximum Gasteiger partial charge on any atom is 0.139 e. The van der Waals surface area contributed by atoms with E-state index in [1.807, 2.05) is 18.2 Å². The average molecular weight is 197 g/mol. The SMILES string of the molecule is CC(C)(F)COc1ccccc1CN. The van der Waals surface area contributed by atoms with Gasteiger partial charge in [-0.3, -0.25) is 0 Å². The normalized spacial score (nSPS) is 11.4. The van der Waals surface area contributed by atoms with E-state index in [1.54, 1.807) is 6.07 Å². The molecular formula is C11H16FNO. The number of hydrogen-bond acceptors (Lipinski definition) is 2. The Labute approximate surface area is 83.9 Å². The topological polar surface area (TPSA) is 35.2 Å². The van der Waals surface area contributed by atoms with Crippen molar-refractivity contribution in [3.63, 3.8) is 0 Å². The van der Waals surface area contributed by atoms with E-state index in [0.717, 1.165) is 5.56 Å². The van der Waals surface area contributed by atoms with Gasteiger partial charge in [0.25, 0.3) is 0 Å². The number of halogens is 1. The number of rotatable bonds is 4. The van der Waals surface area contributed by atoms with Crippen LogP contribution >= 0.6 is 0 Å². The summed E-state index contributed by atoms with van der Waals surface area (Å²) in [6.07, 6.45) is 0. The van der Waals surface area contributed by atoms with E-state index in [-0.39, 0.29) is 6.61 Å². The largest absolute Gasteiger partial charge is 0.490 e. The van der Waals surface area contributed by atoms with Gasteiger partial charge >= 0.3 is 0 Å². The molecule has 0 bridgehead atoms. The van der Waals surface area contributed by atoms with Gasteiger partial charge in [0.2, 0.25) is 0 Å². The summed E-state index contributed by atoms with van der Waals surface area (Å²) in [6, 6.07) is 7.41. The van der Waals surface area contributed by atoms with Gasteiger partial charge in [0.1, 0.15) is 18.0 Å². The fourth-order valence-corrected chi connectivity index (χ4v) is 1.06. The number of hydrogen-bond donors (Lipinski definition) is 1. The van der Waals surface area contributed by atoms with Gasteiger partial charge in [0, 0.05) is 12.1 Å². The van der Waals surface area contributed by atoms with Gasteiger partial charge in [-0.25, -0.2) is 4.39 Å². The van der Waals surface area contributed by atoms with E-state index < -0.39 is 5.67 Å². The summed E-state index contributed by atoms with van der Waals surface area (Å²) in [5.41, 5.74) is 5.10. The number of nitrogens with two attached hydrogens (primary N) is 1. The molecule has 0 spiro atoms. The van der Waals surface area contributed by atoms with Crippen LogP contribution in [0.1, 0.15) is 19.4 Å². The van der Waals surface area contributed by atoms with Crippen molar-refractivity contribution >= 4 is 0 Å².